The fraction of sp³-hybridized carbons (Fsp3) is 0.353. The number of hydrogen-bond acceptors (Lipinski definition) is 7. The molecule has 0 radical (unpaired) electrons. The molecule has 2 N–H and O–H groups in total. The SMILES string of the molecule is COc1c(-c2ccc(C#N)cc2)nc(N)nc1N1CCN(C)CC1. The zero-order valence-electron chi connectivity index (χ0n) is 13.9. The Bertz CT molecular complexity index is 760. The molecule has 0 amide bonds. The number of nitrogen functional groups attached to an aromatic ring is 1. The Labute approximate surface area is 141 Å². The van der Waals surface area contributed by atoms with Crippen LogP contribution in [0.5, 0.6) is 5.75 Å². The summed E-state index contributed by atoms with van der Waals surface area (Å²) in [5, 5.41) is 8.95. The number of nitrogens with two attached hydrogens (primary N) is 1. The van der Waals surface area contributed by atoms with Gasteiger partial charge in [0, 0.05) is 31.7 Å². The Morgan fingerprint density at radius 3 is 2.38 bits per heavy atom. The zero-order chi connectivity index (χ0) is 17.1. The highest BCUT2D eigenvalue weighted by molar-refractivity contribution is 5.75. The van der Waals surface area contributed by atoms with Gasteiger partial charge in [-0.3, -0.25) is 0 Å². The molecule has 7 heteroatoms. The number of aromatic nitrogens is 2. The molecule has 1 aromatic heterocycles. The molecular formula is C17H20N6O. The number of hydrogen-bond donors (Lipinski definition) is 1. The highest BCUT2D eigenvalue weighted by Crippen LogP contribution is 2.36. The van der Waals surface area contributed by atoms with Crippen LogP contribution in [0.15, 0.2) is 24.3 Å². The summed E-state index contributed by atoms with van der Waals surface area (Å²) >= 11 is 0. The van der Waals surface area contributed by atoms with E-state index < -0.39 is 0 Å². The van der Waals surface area contributed by atoms with Crippen molar-refractivity contribution < 1.29 is 4.74 Å². The van der Waals surface area contributed by atoms with Gasteiger partial charge >= 0.3 is 0 Å². The molecule has 124 valence electrons. The summed E-state index contributed by atoms with van der Waals surface area (Å²) in [4.78, 5) is 13.2. The van der Waals surface area contributed by atoms with Gasteiger partial charge in [0.05, 0.1) is 18.7 Å². The van der Waals surface area contributed by atoms with Crippen LogP contribution in [0.4, 0.5) is 11.8 Å². The van der Waals surface area contributed by atoms with Crippen molar-refractivity contribution >= 4 is 11.8 Å². The molecule has 0 saturated carbocycles. The van der Waals surface area contributed by atoms with Crippen LogP contribution in [0, 0.1) is 11.3 Å². The molecule has 2 aromatic rings. The summed E-state index contributed by atoms with van der Waals surface area (Å²) in [7, 11) is 3.71. The average molecular weight is 324 g/mol. The number of piperazine rings is 1. The second-order valence-electron chi connectivity index (χ2n) is 5.77. The molecule has 1 saturated heterocycles. The van der Waals surface area contributed by atoms with Crippen molar-refractivity contribution in [2.24, 2.45) is 0 Å². The van der Waals surface area contributed by atoms with E-state index in [4.69, 9.17) is 15.7 Å². The van der Waals surface area contributed by atoms with Gasteiger partial charge in [-0.05, 0) is 19.2 Å². The van der Waals surface area contributed by atoms with E-state index in [1.807, 2.05) is 12.1 Å². The second kappa shape index (κ2) is 6.72. The summed E-state index contributed by atoms with van der Waals surface area (Å²) < 4.78 is 5.62. The summed E-state index contributed by atoms with van der Waals surface area (Å²) in [6.45, 7) is 3.63. The minimum atomic E-state index is 0.212. The fourth-order valence-electron chi connectivity index (χ4n) is 2.77. The molecular weight excluding hydrogens is 304 g/mol. The Hall–Kier alpha value is -2.85. The lowest BCUT2D eigenvalue weighted by Gasteiger charge is -2.34. The lowest BCUT2D eigenvalue weighted by Crippen LogP contribution is -2.45. The molecule has 24 heavy (non-hydrogen) atoms. The van der Waals surface area contributed by atoms with Crippen LogP contribution in [-0.2, 0) is 0 Å². The van der Waals surface area contributed by atoms with Gasteiger partial charge in [-0.25, -0.2) is 4.98 Å². The summed E-state index contributed by atoms with van der Waals surface area (Å²) in [6.07, 6.45) is 0. The maximum absolute atomic E-state index is 8.95. The van der Waals surface area contributed by atoms with Crippen molar-refractivity contribution in [1.82, 2.24) is 14.9 Å². The third kappa shape index (κ3) is 3.09. The molecule has 1 aliphatic rings. The molecule has 0 atom stereocenters. The zero-order valence-corrected chi connectivity index (χ0v) is 13.9. The quantitative estimate of drug-likeness (QED) is 0.911. The molecule has 0 bridgehead atoms. The van der Waals surface area contributed by atoms with E-state index >= 15 is 0 Å². The van der Waals surface area contributed by atoms with E-state index in [0.717, 1.165) is 37.6 Å². The van der Waals surface area contributed by atoms with Crippen molar-refractivity contribution in [3.8, 4) is 23.1 Å². The lowest BCUT2D eigenvalue weighted by atomic mass is 10.1. The number of nitrogens with zero attached hydrogens (tertiary/aromatic N) is 5. The predicted octanol–water partition coefficient (Wildman–Crippen LogP) is 1.36. The molecule has 0 spiro atoms. The number of nitriles is 1. The van der Waals surface area contributed by atoms with E-state index in [0.29, 0.717) is 17.0 Å². The number of rotatable bonds is 3. The van der Waals surface area contributed by atoms with Crippen LogP contribution in [0.25, 0.3) is 11.3 Å². The van der Waals surface area contributed by atoms with Crippen molar-refractivity contribution in [1.29, 1.82) is 5.26 Å². The number of methoxy groups -OCH3 is 1. The summed E-state index contributed by atoms with van der Waals surface area (Å²) in [5.74, 6) is 1.54. The first kappa shape index (κ1) is 16.0. The Kier molecular flexibility index (Phi) is 4.49. The third-order valence-corrected chi connectivity index (χ3v) is 4.16. The molecule has 2 heterocycles. The molecule has 0 unspecified atom stereocenters. The van der Waals surface area contributed by atoms with E-state index in [1.165, 1.54) is 0 Å². The summed E-state index contributed by atoms with van der Waals surface area (Å²) in [6, 6.07) is 9.30. The minimum absolute atomic E-state index is 0.212. The Balaban J connectivity index is 2.04. The van der Waals surface area contributed by atoms with Crippen LogP contribution in [-0.4, -0.2) is 55.2 Å². The van der Waals surface area contributed by atoms with Crippen LogP contribution in [0.3, 0.4) is 0 Å². The summed E-state index contributed by atoms with van der Waals surface area (Å²) in [5.41, 5.74) is 8.02. The number of ether oxygens (including phenoxy) is 1. The largest absolute Gasteiger partial charge is 0.491 e. The maximum atomic E-state index is 8.95. The molecule has 1 aromatic carbocycles. The molecule has 7 nitrogen and oxygen atoms in total. The first-order valence-corrected chi connectivity index (χ1v) is 7.78. The van der Waals surface area contributed by atoms with Crippen molar-refractivity contribution in [3.63, 3.8) is 0 Å². The van der Waals surface area contributed by atoms with Crippen LogP contribution < -0.4 is 15.4 Å². The average Bonchev–Trinajstić information content (AvgIpc) is 2.61. The first-order chi connectivity index (χ1) is 11.6. The third-order valence-electron chi connectivity index (χ3n) is 4.16. The maximum Gasteiger partial charge on any atom is 0.222 e. The predicted molar refractivity (Wildman–Crippen MR) is 92.9 cm³/mol. The van der Waals surface area contributed by atoms with E-state index in [1.54, 1.807) is 19.2 Å². The molecule has 3 rings (SSSR count). The lowest BCUT2D eigenvalue weighted by molar-refractivity contribution is 0.310. The molecule has 1 aliphatic heterocycles. The van der Waals surface area contributed by atoms with Crippen LogP contribution in [0.1, 0.15) is 5.56 Å². The first-order valence-electron chi connectivity index (χ1n) is 7.78. The highest BCUT2D eigenvalue weighted by Gasteiger charge is 2.23. The number of benzene rings is 1. The van der Waals surface area contributed by atoms with Crippen molar-refractivity contribution in [2.45, 2.75) is 0 Å². The van der Waals surface area contributed by atoms with Gasteiger partial charge in [0.15, 0.2) is 11.6 Å². The fourth-order valence-corrected chi connectivity index (χ4v) is 2.77. The topological polar surface area (TPSA) is 91.3 Å². The van der Waals surface area contributed by atoms with Gasteiger partial charge in [-0.15, -0.1) is 0 Å². The smallest absolute Gasteiger partial charge is 0.222 e. The number of likely N-dealkylation sites (N-methyl/N-ethyl adjacent to an activating group) is 1. The monoisotopic (exact) mass is 324 g/mol. The van der Waals surface area contributed by atoms with E-state index in [-0.39, 0.29) is 5.95 Å². The van der Waals surface area contributed by atoms with Gasteiger partial charge < -0.3 is 20.3 Å². The number of anilines is 2. The Morgan fingerprint density at radius 2 is 1.79 bits per heavy atom. The standard InChI is InChI=1S/C17H20N6O/c1-22-7-9-23(10-8-22)16-15(24-2)14(20-17(19)21-16)13-5-3-12(11-18)4-6-13/h3-6H,7-10H2,1-2H3,(H2,19,20,21). The van der Waals surface area contributed by atoms with Crippen LogP contribution in [0.2, 0.25) is 0 Å². The highest BCUT2D eigenvalue weighted by atomic mass is 16.5. The van der Waals surface area contributed by atoms with Gasteiger partial charge in [0.2, 0.25) is 5.95 Å². The van der Waals surface area contributed by atoms with Crippen molar-refractivity contribution in [3.05, 3.63) is 29.8 Å². The van der Waals surface area contributed by atoms with Crippen LogP contribution >= 0.6 is 0 Å². The normalized spacial score (nSPS) is 15.1. The minimum Gasteiger partial charge on any atom is -0.491 e. The molecule has 0 aliphatic carbocycles. The Morgan fingerprint density at radius 1 is 1.12 bits per heavy atom. The van der Waals surface area contributed by atoms with Crippen molar-refractivity contribution in [2.75, 3.05) is 51.0 Å². The van der Waals surface area contributed by atoms with Gasteiger partial charge in [-0.1, -0.05) is 12.1 Å². The van der Waals surface area contributed by atoms with Gasteiger partial charge in [-0.2, -0.15) is 10.2 Å². The van der Waals surface area contributed by atoms with E-state index in [2.05, 4.69) is 32.9 Å². The van der Waals surface area contributed by atoms with Gasteiger partial charge in [0.25, 0.3) is 0 Å². The molecule has 1 fully saturated rings. The van der Waals surface area contributed by atoms with Gasteiger partial charge in [0.1, 0.15) is 5.69 Å². The van der Waals surface area contributed by atoms with E-state index in [9.17, 15) is 0 Å². The second-order valence-corrected chi connectivity index (χ2v) is 5.77.